The molecule has 174 valence electrons. The summed E-state index contributed by atoms with van der Waals surface area (Å²) >= 11 is 1.31. The van der Waals surface area contributed by atoms with Gasteiger partial charge in [-0.25, -0.2) is 4.98 Å². The Bertz CT molecular complexity index is 1210. The lowest BCUT2D eigenvalue weighted by atomic mass is 10.1. The van der Waals surface area contributed by atoms with E-state index in [-0.39, 0.29) is 30.1 Å². The van der Waals surface area contributed by atoms with Gasteiger partial charge in [0.1, 0.15) is 22.1 Å². The Morgan fingerprint density at radius 2 is 2.12 bits per heavy atom. The van der Waals surface area contributed by atoms with Gasteiger partial charge in [-0.3, -0.25) is 4.79 Å². The topological polar surface area (TPSA) is 129 Å². The minimum atomic E-state index is -0.208. The number of pyridine rings is 2. The molecule has 0 aliphatic carbocycles. The highest BCUT2D eigenvalue weighted by molar-refractivity contribution is 7.21. The molecular weight excluding hydrogens is 440 g/mol. The summed E-state index contributed by atoms with van der Waals surface area (Å²) in [7, 11) is 1.69. The van der Waals surface area contributed by atoms with Gasteiger partial charge in [-0.2, -0.15) is 4.98 Å². The van der Waals surface area contributed by atoms with Crippen molar-refractivity contribution in [1.82, 2.24) is 15.3 Å². The maximum Gasteiger partial charge on any atom is 0.263 e. The molecule has 1 fully saturated rings. The molecule has 0 spiro atoms. The van der Waals surface area contributed by atoms with E-state index in [1.54, 1.807) is 7.11 Å². The predicted molar refractivity (Wildman–Crippen MR) is 129 cm³/mol. The van der Waals surface area contributed by atoms with E-state index in [9.17, 15) is 4.79 Å². The van der Waals surface area contributed by atoms with Crippen LogP contribution < -0.4 is 26.4 Å². The fourth-order valence-electron chi connectivity index (χ4n) is 4.71. The van der Waals surface area contributed by atoms with Gasteiger partial charge in [-0.15, -0.1) is 11.3 Å². The zero-order chi connectivity index (χ0) is 23.3. The smallest absolute Gasteiger partial charge is 0.263 e. The van der Waals surface area contributed by atoms with E-state index in [1.807, 2.05) is 31.2 Å². The Balaban J connectivity index is 1.29. The number of nitrogen functional groups attached to an aromatic ring is 1. The van der Waals surface area contributed by atoms with Gasteiger partial charge in [0.15, 0.2) is 0 Å². The summed E-state index contributed by atoms with van der Waals surface area (Å²) in [6, 6.07) is 7.67. The van der Waals surface area contributed by atoms with Gasteiger partial charge in [0.25, 0.3) is 5.91 Å². The molecule has 0 radical (unpaired) electrons. The highest BCUT2D eigenvalue weighted by atomic mass is 32.1. The maximum atomic E-state index is 12.9. The highest BCUT2D eigenvalue weighted by Gasteiger charge is 2.38. The Morgan fingerprint density at radius 1 is 1.30 bits per heavy atom. The second-order valence-electron chi connectivity index (χ2n) is 8.73. The Kier molecular flexibility index (Phi) is 5.59. The summed E-state index contributed by atoms with van der Waals surface area (Å²) in [5, 5.41) is 3.87. The van der Waals surface area contributed by atoms with Crippen molar-refractivity contribution >= 4 is 39.0 Å². The van der Waals surface area contributed by atoms with Crippen LogP contribution >= 0.6 is 11.3 Å². The van der Waals surface area contributed by atoms with Gasteiger partial charge < -0.3 is 31.2 Å². The number of hydrogen-bond donors (Lipinski definition) is 3. The SMILES string of the molecule is CO[C@H]1[C@H](N)CN(c2ccc3c(n2)OC[C@H](NC(=O)c2sc4nc(C)ccc4c2N)C3)[C@H]1C. The average Bonchev–Trinajstić information content (AvgIpc) is 3.28. The van der Waals surface area contributed by atoms with Crippen LogP contribution in [0, 0.1) is 6.92 Å². The van der Waals surface area contributed by atoms with Crippen molar-refractivity contribution in [3.63, 3.8) is 0 Å². The number of fused-ring (bicyclic) bond motifs is 2. The summed E-state index contributed by atoms with van der Waals surface area (Å²) < 4.78 is 11.5. The average molecular weight is 469 g/mol. The summed E-state index contributed by atoms with van der Waals surface area (Å²) in [6.07, 6.45) is 0.593. The number of aryl methyl sites for hydroxylation is 1. The molecule has 4 atom stereocenters. The second kappa shape index (κ2) is 8.44. The third-order valence-corrected chi connectivity index (χ3v) is 7.56. The molecule has 5 rings (SSSR count). The second-order valence-corrected chi connectivity index (χ2v) is 9.73. The molecular formula is C23H28N6O3S. The van der Waals surface area contributed by atoms with Crippen LogP contribution in [0.4, 0.5) is 11.5 Å². The minimum absolute atomic E-state index is 0.0382. The summed E-state index contributed by atoms with van der Waals surface area (Å²) in [6.45, 7) is 5.02. The summed E-state index contributed by atoms with van der Waals surface area (Å²) in [4.78, 5) is 25.6. The van der Waals surface area contributed by atoms with E-state index in [4.69, 9.17) is 25.9 Å². The molecule has 1 saturated heterocycles. The number of carbonyl (C=O) groups excluding carboxylic acids is 1. The minimum Gasteiger partial charge on any atom is -0.475 e. The van der Waals surface area contributed by atoms with Crippen molar-refractivity contribution in [2.75, 3.05) is 30.9 Å². The van der Waals surface area contributed by atoms with E-state index >= 15 is 0 Å². The third kappa shape index (κ3) is 3.88. The number of thiophene rings is 1. The molecule has 0 aromatic carbocycles. The van der Waals surface area contributed by atoms with Crippen molar-refractivity contribution < 1.29 is 14.3 Å². The normalized spacial score (nSPS) is 24.5. The number of nitrogens with two attached hydrogens (primary N) is 2. The number of rotatable bonds is 4. The van der Waals surface area contributed by atoms with Crippen molar-refractivity contribution in [3.8, 4) is 5.88 Å². The van der Waals surface area contributed by atoms with Crippen LogP contribution in [0.3, 0.4) is 0 Å². The van der Waals surface area contributed by atoms with Crippen molar-refractivity contribution in [1.29, 1.82) is 0 Å². The fourth-order valence-corrected chi connectivity index (χ4v) is 5.75. The van der Waals surface area contributed by atoms with E-state index in [0.717, 1.165) is 27.3 Å². The lowest BCUT2D eigenvalue weighted by Crippen LogP contribution is -2.43. The molecule has 3 aromatic heterocycles. The lowest BCUT2D eigenvalue weighted by Gasteiger charge is -2.28. The molecule has 2 aliphatic heterocycles. The lowest BCUT2D eigenvalue weighted by molar-refractivity contribution is 0.0876. The summed E-state index contributed by atoms with van der Waals surface area (Å²) in [5.41, 5.74) is 14.8. The Morgan fingerprint density at radius 3 is 2.88 bits per heavy atom. The van der Waals surface area contributed by atoms with Gasteiger partial charge in [0.05, 0.1) is 29.9 Å². The van der Waals surface area contributed by atoms with Crippen molar-refractivity contribution in [3.05, 3.63) is 40.4 Å². The Labute approximate surface area is 196 Å². The number of nitrogens with one attached hydrogen (secondary N) is 1. The third-order valence-electron chi connectivity index (χ3n) is 6.45. The number of anilines is 2. The quantitative estimate of drug-likeness (QED) is 0.529. The Hall–Kier alpha value is -2.95. The molecule has 5 N–H and O–H groups in total. The number of hydrogen-bond acceptors (Lipinski definition) is 9. The van der Waals surface area contributed by atoms with Crippen LogP contribution in [0.2, 0.25) is 0 Å². The number of aromatic nitrogens is 2. The van der Waals surface area contributed by atoms with Crippen LogP contribution in [0.15, 0.2) is 24.3 Å². The van der Waals surface area contributed by atoms with E-state index < -0.39 is 0 Å². The van der Waals surface area contributed by atoms with Gasteiger partial charge in [-0.1, -0.05) is 0 Å². The van der Waals surface area contributed by atoms with Gasteiger partial charge >= 0.3 is 0 Å². The van der Waals surface area contributed by atoms with Crippen LogP contribution in [0.1, 0.15) is 27.9 Å². The molecule has 10 heteroatoms. The zero-order valence-electron chi connectivity index (χ0n) is 18.9. The molecule has 33 heavy (non-hydrogen) atoms. The molecule has 3 aromatic rings. The molecule has 5 heterocycles. The fraction of sp³-hybridized carbons (Fsp3) is 0.435. The molecule has 2 aliphatic rings. The van der Waals surface area contributed by atoms with Gasteiger partial charge in [0.2, 0.25) is 5.88 Å². The number of methoxy groups -OCH3 is 1. The van der Waals surface area contributed by atoms with Crippen LogP contribution in [0.5, 0.6) is 5.88 Å². The van der Waals surface area contributed by atoms with Crippen molar-refractivity contribution in [2.45, 2.75) is 44.5 Å². The number of ether oxygens (including phenoxy) is 2. The molecule has 1 amide bonds. The van der Waals surface area contributed by atoms with Crippen LogP contribution in [0.25, 0.3) is 10.2 Å². The highest BCUT2D eigenvalue weighted by Crippen LogP contribution is 2.33. The summed E-state index contributed by atoms with van der Waals surface area (Å²) in [5.74, 6) is 1.21. The number of amides is 1. The molecule has 9 nitrogen and oxygen atoms in total. The first-order valence-electron chi connectivity index (χ1n) is 11.0. The first-order chi connectivity index (χ1) is 15.9. The van der Waals surface area contributed by atoms with E-state index in [1.165, 1.54) is 11.3 Å². The van der Waals surface area contributed by atoms with E-state index in [2.05, 4.69) is 22.1 Å². The standard InChI is InChI=1S/C23H28N6O3S/c1-11-4-6-15-18(25)20(33-23(15)26-11)21(30)27-14-8-13-5-7-17(28-22(13)32-10-14)29-9-16(24)19(31-3)12(29)2/h4-7,12,14,16,19H,8-10,24-25H2,1-3H3,(H,27,30)/t12-,14+,16+,19+/m0/s1. The van der Waals surface area contributed by atoms with Gasteiger partial charge in [-0.05, 0) is 38.1 Å². The van der Waals surface area contributed by atoms with E-state index in [0.29, 0.717) is 36.0 Å². The number of nitrogens with zero attached hydrogens (tertiary/aromatic N) is 3. The first kappa shape index (κ1) is 21.9. The van der Waals surface area contributed by atoms with Gasteiger partial charge in [0, 0.05) is 36.7 Å². The zero-order valence-corrected chi connectivity index (χ0v) is 19.7. The first-order valence-corrected chi connectivity index (χ1v) is 11.8. The van der Waals surface area contributed by atoms with Crippen molar-refractivity contribution in [2.24, 2.45) is 5.73 Å². The largest absolute Gasteiger partial charge is 0.475 e. The molecule has 0 saturated carbocycles. The van der Waals surface area contributed by atoms with Crippen LogP contribution in [-0.2, 0) is 11.2 Å². The maximum absolute atomic E-state index is 12.9. The molecule has 0 unspecified atom stereocenters. The monoisotopic (exact) mass is 468 g/mol. The van der Waals surface area contributed by atoms with Crippen LogP contribution in [-0.4, -0.2) is 60.4 Å². The predicted octanol–water partition coefficient (Wildman–Crippen LogP) is 1.87. The number of carbonyl (C=O) groups is 1. The molecule has 0 bridgehead atoms.